The predicted octanol–water partition coefficient (Wildman–Crippen LogP) is 6.29. The van der Waals surface area contributed by atoms with Crippen molar-refractivity contribution in [1.82, 2.24) is 5.43 Å². The average molecular weight is 499 g/mol. The van der Waals surface area contributed by atoms with Crippen LogP contribution in [-0.4, -0.2) is 24.8 Å². The number of alkyl halides is 3. The Morgan fingerprint density at radius 2 is 1.64 bits per heavy atom. The van der Waals surface area contributed by atoms with Crippen LogP contribution in [0.2, 0.25) is 0 Å². The number of carbonyl (C=O) groups is 2. The number of rotatable bonds is 9. The van der Waals surface area contributed by atoms with E-state index in [0.29, 0.717) is 17.9 Å². The van der Waals surface area contributed by atoms with Crippen LogP contribution < -0.4 is 20.8 Å². The molecule has 3 amide bonds. The Hall–Kier alpha value is -4.34. The standard InChI is InChI=1S/C26H25F3N4O3/c1-2-3-15-36-23-13-7-18(8-14-23)17-30-33-24(34)19-9-11-21(12-10-19)31-25(35)32-22-6-4-5-20(16-22)26(27,28)29/h4-14,16-17H,2-3,15H2,1H3,(H,33,34)(H2,31,32,35)/b30-17-. The van der Waals surface area contributed by atoms with Gasteiger partial charge in [0.15, 0.2) is 0 Å². The molecule has 3 N–H and O–H groups in total. The number of unbranched alkanes of at least 4 members (excludes halogenated alkanes) is 1. The van der Waals surface area contributed by atoms with Gasteiger partial charge in [0.2, 0.25) is 0 Å². The molecule has 0 aliphatic rings. The van der Waals surface area contributed by atoms with Gasteiger partial charge in [-0.25, -0.2) is 10.2 Å². The third kappa shape index (κ3) is 8.15. The SMILES string of the molecule is CCCCOc1ccc(/C=N\NC(=O)c2ccc(NC(=O)Nc3cccc(C(F)(F)F)c3)cc2)cc1. The molecule has 0 aromatic heterocycles. The van der Waals surface area contributed by atoms with Gasteiger partial charge < -0.3 is 15.4 Å². The van der Waals surface area contributed by atoms with E-state index in [4.69, 9.17) is 4.74 Å². The molecule has 0 radical (unpaired) electrons. The van der Waals surface area contributed by atoms with E-state index >= 15 is 0 Å². The molecule has 3 aromatic carbocycles. The van der Waals surface area contributed by atoms with Crippen LogP contribution in [0.1, 0.15) is 41.3 Å². The molecule has 0 spiro atoms. The van der Waals surface area contributed by atoms with Crippen molar-refractivity contribution >= 4 is 29.5 Å². The minimum absolute atomic E-state index is 0.00477. The first-order valence-corrected chi connectivity index (χ1v) is 11.2. The Bertz CT molecular complexity index is 1190. The second-order valence-corrected chi connectivity index (χ2v) is 7.71. The van der Waals surface area contributed by atoms with E-state index in [1.807, 2.05) is 24.3 Å². The Kier molecular flexibility index (Phi) is 9.04. The zero-order valence-electron chi connectivity index (χ0n) is 19.4. The van der Waals surface area contributed by atoms with Crippen LogP contribution in [0.25, 0.3) is 0 Å². The second-order valence-electron chi connectivity index (χ2n) is 7.71. The number of nitrogens with zero attached hydrogens (tertiary/aromatic N) is 1. The molecule has 0 heterocycles. The molecule has 0 unspecified atom stereocenters. The third-order valence-corrected chi connectivity index (χ3v) is 4.88. The van der Waals surface area contributed by atoms with Crippen molar-refractivity contribution in [2.75, 3.05) is 17.2 Å². The molecule has 7 nitrogen and oxygen atoms in total. The van der Waals surface area contributed by atoms with Crippen molar-refractivity contribution in [1.29, 1.82) is 0 Å². The lowest BCUT2D eigenvalue weighted by molar-refractivity contribution is -0.137. The number of amides is 3. The van der Waals surface area contributed by atoms with Gasteiger partial charge in [-0.05, 0) is 78.7 Å². The Labute approximate surface area is 206 Å². The van der Waals surface area contributed by atoms with Crippen LogP contribution in [0, 0.1) is 0 Å². The first-order chi connectivity index (χ1) is 17.2. The molecular weight excluding hydrogens is 473 g/mol. The number of anilines is 2. The minimum atomic E-state index is -4.51. The van der Waals surface area contributed by atoms with Crippen LogP contribution in [-0.2, 0) is 6.18 Å². The van der Waals surface area contributed by atoms with Crippen molar-refractivity contribution in [3.05, 3.63) is 89.5 Å². The fourth-order valence-electron chi connectivity index (χ4n) is 2.99. The minimum Gasteiger partial charge on any atom is -0.494 e. The lowest BCUT2D eigenvalue weighted by atomic mass is 10.2. The molecule has 0 atom stereocenters. The number of nitrogens with one attached hydrogen (secondary N) is 3. The van der Waals surface area contributed by atoms with Crippen LogP contribution in [0.15, 0.2) is 77.9 Å². The fourth-order valence-corrected chi connectivity index (χ4v) is 2.99. The summed E-state index contributed by atoms with van der Waals surface area (Å²) in [6.07, 6.45) is -0.967. The van der Waals surface area contributed by atoms with Crippen molar-refractivity contribution < 1.29 is 27.5 Å². The van der Waals surface area contributed by atoms with E-state index in [1.54, 1.807) is 0 Å². The molecule has 3 rings (SSSR count). The summed E-state index contributed by atoms with van der Waals surface area (Å²) in [6.45, 7) is 2.75. The molecule has 0 bridgehead atoms. The quantitative estimate of drug-likeness (QED) is 0.184. The van der Waals surface area contributed by atoms with Gasteiger partial charge in [-0.1, -0.05) is 19.4 Å². The highest BCUT2D eigenvalue weighted by molar-refractivity contribution is 6.00. The van der Waals surface area contributed by atoms with E-state index in [0.717, 1.165) is 36.3 Å². The van der Waals surface area contributed by atoms with Crippen molar-refractivity contribution in [3.8, 4) is 5.75 Å². The van der Waals surface area contributed by atoms with Gasteiger partial charge in [-0.2, -0.15) is 18.3 Å². The highest BCUT2D eigenvalue weighted by atomic mass is 19.4. The van der Waals surface area contributed by atoms with E-state index in [9.17, 15) is 22.8 Å². The summed E-state index contributed by atoms with van der Waals surface area (Å²) in [7, 11) is 0. The van der Waals surface area contributed by atoms with Crippen LogP contribution in [0.3, 0.4) is 0 Å². The summed E-state index contributed by atoms with van der Waals surface area (Å²) in [5.74, 6) is 0.313. The van der Waals surface area contributed by atoms with Gasteiger partial charge in [0.1, 0.15) is 5.75 Å². The normalized spacial score (nSPS) is 11.2. The number of halogens is 3. The Morgan fingerprint density at radius 1 is 0.944 bits per heavy atom. The Balaban J connectivity index is 1.49. The maximum absolute atomic E-state index is 12.8. The molecule has 10 heteroatoms. The van der Waals surface area contributed by atoms with Gasteiger partial charge in [0, 0.05) is 16.9 Å². The molecule has 0 saturated heterocycles. The van der Waals surface area contributed by atoms with Crippen LogP contribution in [0.5, 0.6) is 5.75 Å². The summed E-state index contributed by atoms with van der Waals surface area (Å²) in [5.41, 5.74) is 2.98. The summed E-state index contributed by atoms with van der Waals surface area (Å²) in [5, 5.41) is 8.78. The fraction of sp³-hybridized carbons (Fsp3) is 0.192. The number of benzene rings is 3. The van der Waals surface area contributed by atoms with E-state index in [2.05, 4.69) is 28.1 Å². The highest BCUT2D eigenvalue weighted by Gasteiger charge is 2.30. The van der Waals surface area contributed by atoms with Crippen molar-refractivity contribution in [2.45, 2.75) is 25.9 Å². The summed E-state index contributed by atoms with van der Waals surface area (Å²) >= 11 is 0. The zero-order valence-corrected chi connectivity index (χ0v) is 19.4. The number of ether oxygens (including phenoxy) is 1. The van der Waals surface area contributed by atoms with Crippen LogP contribution >= 0.6 is 0 Å². The number of hydrazone groups is 1. The van der Waals surface area contributed by atoms with Crippen molar-refractivity contribution in [3.63, 3.8) is 0 Å². The van der Waals surface area contributed by atoms with Crippen molar-refractivity contribution in [2.24, 2.45) is 5.10 Å². The maximum Gasteiger partial charge on any atom is 0.416 e. The van der Waals surface area contributed by atoms with Gasteiger partial charge in [0.25, 0.3) is 5.91 Å². The molecule has 0 aliphatic heterocycles. The summed E-state index contributed by atoms with van der Waals surface area (Å²) in [6, 6.07) is 16.8. The van der Waals surface area contributed by atoms with Gasteiger partial charge in [0.05, 0.1) is 18.4 Å². The number of urea groups is 1. The smallest absolute Gasteiger partial charge is 0.416 e. The molecule has 36 heavy (non-hydrogen) atoms. The molecular formula is C26H25F3N4O3. The lowest BCUT2D eigenvalue weighted by Crippen LogP contribution is -2.20. The highest BCUT2D eigenvalue weighted by Crippen LogP contribution is 2.30. The molecule has 0 fully saturated rings. The largest absolute Gasteiger partial charge is 0.494 e. The number of carbonyl (C=O) groups excluding carboxylic acids is 2. The van der Waals surface area contributed by atoms with Crippen LogP contribution in [0.4, 0.5) is 29.3 Å². The zero-order chi connectivity index (χ0) is 26.0. The first-order valence-electron chi connectivity index (χ1n) is 11.2. The Morgan fingerprint density at radius 3 is 2.31 bits per heavy atom. The molecule has 3 aromatic rings. The van der Waals surface area contributed by atoms with Gasteiger partial charge in [-0.15, -0.1) is 0 Å². The molecule has 188 valence electrons. The maximum atomic E-state index is 12.8. The number of hydrogen-bond donors (Lipinski definition) is 3. The molecule has 0 aliphatic carbocycles. The topological polar surface area (TPSA) is 91.8 Å². The lowest BCUT2D eigenvalue weighted by Gasteiger charge is -2.11. The van der Waals surface area contributed by atoms with E-state index in [-0.39, 0.29) is 5.69 Å². The molecule has 0 saturated carbocycles. The van der Waals surface area contributed by atoms with E-state index in [1.165, 1.54) is 42.6 Å². The predicted molar refractivity (Wildman–Crippen MR) is 132 cm³/mol. The van der Waals surface area contributed by atoms with E-state index < -0.39 is 23.7 Å². The second kappa shape index (κ2) is 12.4. The van der Waals surface area contributed by atoms with Gasteiger partial charge in [-0.3, -0.25) is 4.79 Å². The van der Waals surface area contributed by atoms with Gasteiger partial charge >= 0.3 is 12.2 Å². The summed E-state index contributed by atoms with van der Waals surface area (Å²) < 4.78 is 44.0. The average Bonchev–Trinajstić information content (AvgIpc) is 2.85. The monoisotopic (exact) mass is 498 g/mol. The first kappa shape index (κ1) is 26.3. The third-order valence-electron chi connectivity index (χ3n) is 4.88. The summed E-state index contributed by atoms with van der Waals surface area (Å²) in [4.78, 5) is 24.4. The number of hydrogen-bond acceptors (Lipinski definition) is 4.